The lowest BCUT2D eigenvalue weighted by Crippen LogP contribution is -2.13. The molecule has 0 unspecified atom stereocenters. The number of aromatic nitrogens is 2. The van der Waals surface area contributed by atoms with Gasteiger partial charge in [-0.15, -0.1) is 0 Å². The van der Waals surface area contributed by atoms with E-state index in [9.17, 15) is 15.3 Å². The summed E-state index contributed by atoms with van der Waals surface area (Å²) in [4.78, 5) is 23.2. The molecule has 212 valence electrons. The zero-order valence-corrected chi connectivity index (χ0v) is 24.1. The van der Waals surface area contributed by atoms with Crippen molar-refractivity contribution >= 4 is 45.5 Å². The number of halogens is 1. The molecule has 10 nitrogen and oxygen atoms in total. The molecule has 0 spiro atoms. The monoisotopic (exact) mass is 581 g/mol. The number of anilines is 3. The van der Waals surface area contributed by atoms with E-state index in [4.69, 9.17) is 21.1 Å². The van der Waals surface area contributed by atoms with Crippen molar-refractivity contribution in [3.8, 4) is 23.6 Å². The second-order valence-electron chi connectivity index (χ2n) is 9.28. The molecule has 4 rings (SSSR count). The molecule has 2 aromatic carbocycles. The summed E-state index contributed by atoms with van der Waals surface area (Å²) in [6.45, 7) is 2.92. The minimum atomic E-state index is -0.314. The minimum absolute atomic E-state index is 0.0742. The van der Waals surface area contributed by atoms with Crippen LogP contribution in [0.25, 0.3) is 10.9 Å². The highest BCUT2D eigenvalue weighted by Gasteiger charge is 2.16. The molecule has 0 saturated heterocycles. The fourth-order valence-corrected chi connectivity index (χ4v) is 4.23. The molecule has 0 aliphatic carbocycles. The van der Waals surface area contributed by atoms with Crippen LogP contribution in [0.5, 0.6) is 11.5 Å². The Kier molecular flexibility index (Phi) is 9.90. The Balaban J connectivity index is 1.64. The van der Waals surface area contributed by atoms with Crippen molar-refractivity contribution in [1.82, 2.24) is 14.9 Å². The van der Waals surface area contributed by atoms with Gasteiger partial charge in [0.2, 0.25) is 5.91 Å². The number of pyridine rings is 2. The van der Waals surface area contributed by atoms with Gasteiger partial charge < -0.3 is 25.0 Å². The van der Waals surface area contributed by atoms with Crippen molar-refractivity contribution in [2.45, 2.75) is 13.5 Å². The first-order chi connectivity index (χ1) is 20.3. The molecular weight excluding hydrogens is 554 g/mol. The van der Waals surface area contributed by atoms with Crippen LogP contribution >= 0.6 is 11.6 Å². The average Bonchev–Trinajstić information content (AvgIpc) is 2.97. The number of hydrogen-bond acceptors (Lipinski definition) is 9. The van der Waals surface area contributed by atoms with Crippen molar-refractivity contribution in [3.63, 3.8) is 0 Å². The average molecular weight is 582 g/mol. The maximum absolute atomic E-state index is 12.6. The highest BCUT2D eigenvalue weighted by molar-refractivity contribution is 6.32. The Bertz CT molecular complexity index is 1720. The summed E-state index contributed by atoms with van der Waals surface area (Å²) in [6.07, 6.45) is 6.29. The molecule has 42 heavy (non-hydrogen) atoms. The molecule has 1 amide bonds. The Labute approximate surface area is 248 Å². The Morgan fingerprint density at radius 1 is 1.07 bits per heavy atom. The Hall–Kier alpha value is -5.16. The second kappa shape index (κ2) is 14.0. The van der Waals surface area contributed by atoms with E-state index in [1.165, 1.54) is 12.3 Å². The standard InChI is InChI=1S/C31H28ClN7O3/c1-4-41-29-15-25-23(14-26(29)38-30(40)8-6-12-39(2)3)31(21(17-34)18-36-25)37-22-9-10-28(24(32)13-22)42-19-27-20(16-33)7-5-11-35-27/h5-11,13-15,18H,4,12,19H2,1-3H3,(H,36,37)(H,38,40)/b8-6+. The largest absolute Gasteiger partial charge is 0.492 e. The van der Waals surface area contributed by atoms with Gasteiger partial charge in [0.05, 0.1) is 45.3 Å². The topological polar surface area (TPSA) is 136 Å². The van der Waals surface area contributed by atoms with Gasteiger partial charge in [-0.05, 0) is 57.4 Å². The maximum atomic E-state index is 12.6. The molecular formula is C31H28ClN7O3. The van der Waals surface area contributed by atoms with Gasteiger partial charge in [-0.2, -0.15) is 10.5 Å². The summed E-state index contributed by atoms with van der Waals surface area (Å²) >= 11 is 6.53. The SMILES string of the molecule is CCOc1cc2ncc(C#N)c(Nc3ccc(OCc4ncccc4C#N)c(Cl)c3)c2cc1NC(=O)/C=C/CN(C)C. The zero-order chi connectivity index (χ0) is 30.1. The lowest BCUT2D eigenvalue weighted by molar-refractivity contribution is -0.111. The molecule has 2 N–H and O–H groups in total. The molecule has 0 fully saturated rings. The van der Waals surface area contributed by atoms with E-state index in [0.29, 0.717) is 74.5 Å². The summed E-state index contributed by atoms with van der Waals surface area (Å²) in [7, 11) is 3.82. The lowest BCUT2D eigenvalue weighted by atomic mass is 10.1. The van der Waals surface area contributed by atoms with Crippen LogP contribution < -0.4 is 20.1 Å². The van der Waals surface area contributed by atoms with E-state index in [-0.39, 0.29) is 12.5 Å². The smallest absolute Gasteiger partial charge is 0.248 e. The van der Waals surface area contributed by atoms with Gasteiger partial charge in [0.15, 0.2) is 0 Å². The predicted molar refractivity (Wildman–Crippen MR) is 162 cm³/mol. The number of nitriles is 2. The van der Waals surface area contributed by atoms with Crippen molar-refractivity contribution < 1.29 is 14.3 Å². The lowest BCUT2D eigenvalue weighted by Gasteiger charge is -2.16. The van der Waals surface area contributed by atoms with Crippen molar-refractivity contribution in [1.29, 1.82) is 10.5 Å². The van der Waals surface area contributed by atoms with Gasteiger partial charge in [-0.25, -0.2) is 0 Å². The first kappa shape index (κ1) is 29.8. The van der Waals surface area contributed by atoms with E-state index in [2.05, 4.69) is 32.7 Å². The van der Waals surface area contributed by atoms with Crippen LogP contribution in [0.2, 0.25) is 5.02 Å². The van der Waals surface area contributed by atoms with Gasteiger partial charge in [-0.1, -0.05) is 17.7 Å². The first-order valence-corrected chi connectivity index (χ1v) is 13.4. The molecule has 4 aromatic rings. The number of fused-ring (bicyclic) bond motifs is 1. The third-order valence-corrected chi connectivity index (χ3v) is 6.26. The van der Waals surface area contributed by atoms with Gasteiger partial charge >= 0.3 is 0 Å². The summed E-state index contributed by atoms with van der Waals surface area (Å²) in [5.41, 5.74) is 3.31. The van der Waals surface area contributed by atoms with Gasteiger partial charge in [-0.3, -0.25) is 14.8 Å². The van der Waals surface area contributed by atoms with Crippen molar-refractivity contribution in [3.05, 3.63) is 88.9 Å². The minimum Gasteiger partial charge on any atom is -0.492 e. The predicted octanol–water partition coefficient (Wildman–Crippen LogP) is 5.80. The maximum Gasteiger partial charge on any atom is 0.248 e. The number of ether oxygens (including phenoxy) is 2. The second-order valence-corrected chi connectivity index (χ2v) is 9.69. The number of nitrogens with one attached hydrogen (secondary N) is 2. The molecule has 0 bridgehead atoms. The van der Waals surface area contributed by atoms with Crippen LogP contribution in [0.4, 0.5) is 17.1 Å². The van der Waals surface area contributed by atoms with Crippen LogP contribution in [-0.4, -0.2) is 48.0 Å². The molecule has 0 atom stereocenters. The van der Waals surface area contributed by atoms with Crippen LogP contribution in [0, 0.1) is 22.7 Å². The number of benzene rings is 2. The molecule has 0 saturated carbocycles. The first-order valence-electron chi connectivity index (χ1n) is 13.0. The number of rotatable bonds is 11. The summed E-state index contributed by atoms with van der Waals surface area (Å²) in [5.74, 6) is 0.552. The molecule has 11 heteroatoms. The van der Waals surface area contributed by atoms with E-state index in [1.807, 2.05) is 25.9 Å². The van der Waals surface area contributed by atoms with Crippen LogP contribution in [0.3, 0.4) is 0 Å². The quantitative estimate of drug-likeness (QED) is 0.210. The van der Waals surface area contributed by atoms with Crippen molar-refractivity contribution in [2.24, 2.45) is 0 Å². The molecule has 0 aliphatic rings. The van der Waals surface area contributed by atoms with E-state index >= 15 is 0 Å². The number of carbonyl (C=O) groups excluding carboxylic acids is 1. The number of hydrogen-bond donors (Lipinski definition) is 2. The van der Waals surface area contributed by atoms with Gasteiger partial charge in [0.25, 0.3) is 0 Å². The summed E-state index contributed by atoms with van der Waals surface area (Å²) < 4.78 is 11.6. The number of nitrogens with zero attached hydrogens (tertiary/aromatic N) is 5. The Morgan fingerprint density at radius 2 is 1.88 bits per heavy atom. The van der Waals surface area contributed by atoms with Crippen molar-refractivity contribution in [2.75, 3.05) is 37.9 Å². The van der Waals surface area contributed by atoms with Crippen LogP contribution in [-0.2, 0) is 11.4 Å². The molecule has 0 aliphatic heterocycles. The molecule has 0 radical (unpaired) electrons. The number of amides is 1. The van der Waals surface area contributed by atoms with E-state index in [0.717, 1.165) is 0 Å². The van der Waals surface area contributed by atoms with E-state index < -0.39 is 0 Å². The number of carbonyl (C=O) groups is 1. The highest BCUT2D eigenvalue weighted by atomic mass is 35.5. The molecule has 2 heterocycles. The van der Waals surface area contributed by atoms with E-state index in [1.54, 1.807) is 54.7 Å². The highest BCUT2D eigenvalue weighted by Crippen LogP contribution is 2.37. The third-order valence-electron chi connectivity index (χ3n) is 5.96. The van der Waals surface area contributed by atoms with Gasteiger partial charge in [0.1, 0.15) is 30.2 Å². The fraction of sp³-hybridized carbons (Fsp3) is 0.194. The summed E-state index contributed by atoms with van der Waals surface area (Å²) in [6, 6.07) is 16.2. The van der Waals surface area contributed by atoms with Crippen LogP contribution in [0.15, 0.2) is 67.0 Å². The molecule has 2 aromatic heterocycles. The summed E-state index contributed by atoms with van der Waals surface area (Å²) in [5, 5.41) is 26.2. The zero-order valence-electron chi connectivity index (χ0n) is 23.3. The Morgan fingerprint density at radius 3 is 2.60 bits per heavy atom. The fourth-order valence-electron chi connectivity index (χ4n) is 4.00. The number of likely N-dealkylation sites (N-methyl/N-ethyl adjacent to an activating group) is 1. The van der Waals surface area contributed by atoms with Crippen LogP contribution in [0.1, 0.15) is 23.7 Å². The third kappa shape index (κ3) is 7.32. The normalized spacial score (nSPS) is 10.8. The van der Waals surface area contributed by atoms with Gasteiger partial charge in [0, 0.05) is 42.2 Å².